The van der Waals surface area contributed by atoms with Gasteiger partial charge in [-0.2, -0.15) is 0 Å². The Kier molecular flexibility index (Phi) is 4.08. The lowest BCUT2D eigenvalue weighted by Gasteiger charge is -2.30. The molecule has 0 aromatic carbocycles. The minimum Gasteiger partial charge on any atom is -0.341 e. The number of likely N-dealkylation sites (tertiary alicyclic amines) is 2. The highest BCUT2D eigenvalue weighted by Crippen LogP contribution is 2.24. The van der Waals surface area contributed by atoms with Gasteiger partial charge in [0.25, 0.3) is 0 Å². The first kappa shape index (κ1) is 13.4. The van der Waals surface area contributed by atoms with E-state index in [4.69, 9.17) is 0 Å². The Balaban J connectivity index is 1.39. The van der Waals surface area contributed by atoms with E-state index >= 15 is 0 Å². The van der Waals surface area contributed by atoms with Crippen molar-refractivity contribution in [2.45, 2.75) is 50.6 Å². The third kappa shape index (κ3) is 3.48. The Labute approximate surface area is 116 Å². The van der Waals surface area contributed by atoms with Crippen LogP contribution < -0.4 is 5.32 Å². The van der Waals surface area contributed by atoms with E-state index in [0.29, 0.717) is 11.9 Å². The smallest absolute Gasteiger partial charge is 0.239 e. The molecule has 3 rings (SSSR count). The van der Waals surface area contributed by atoms with Gasteiger partial charge >= 0.3 is 0 Å². The summed E-state index contributed by atoms with van der Waals surface area (Å²) < 4.78 is 0. The summed E-state index contributed by atoms with van der Waals surface area (Å²) in [4.78, 5) is 16.8. The van der Waals surface area contributed by atoms with E-state index in [9.17, 15) is 4.79 Å². The van der Waals surface area contributed by atoms with Crippen LogP contribution in [0.2, 0.25) is 0 Å². The number of piperidine rings is 1. The molecular formula is C15H27N3O. The lowest BCUT2D eigenvalue weighted by atomic mass is 9.94. The van der Waals surface area contributed by atoms with Crippen LogP contribution in [0.4, 0.5) is 0 Å². The fraction of sp³-hybridized carbons (Fsp3) is 0.933. The summed E-state index contributed by atoms with van der Waals surface area (Å²) in [5.74, 6) is 1.19. The normalized spacial score (nSPS) is 30.3. The molecule has 1 aliphatic carbocycles. The number of carbonyl (C=O) groups is 1. The highest BCUT2D eigenvalue weighted by molar-refractivity contribution is 5.84. The van der Waals surface area contributed by atoms with Gasteiger partial charge in [0, 0.05) is 19.1 Å². The first-order valence-corrected chi connectivity index (χ1v) is 7.96. The Hall–Kier alpha value is -0.610. The van der Waals surface area contributed by atoms with E-state index in [1.807, 2.05) is 0 Å². The van der Waals surface area contributed by atoms with E-state index in [1.165, 1.54) is 45.2 Å². The first-order valence-electron chi connectivity index (χ1n) is 7.96. The quantitative estimate of drug-likeness (QED) is 0.808. The van der Waals surface area contributed by atoms with Crippen molar-refractivity contribution in [2.24, 2.45) is 5.92 Å². The van der Waals surface area contributed by atoms with Crippen molar-refractivity contribution in [3.8, 4) is 0 Å². The number of rotatable bonds is 5. The Morgan fingerprint density at radius 1 is 1.11 bits per heavy atom. The van der Waals surface area contributed by atoms with Gasteiger partial charge in [-0.15, -0.1) is 0 Å². The molecule has 0 radical (unpaired) electrons. The summed E-state index contributed by atoms with van der Waals surface area (Å²) in [5.41, 5.74) is 0. The zero-order valence-corrected chi connectivity index (χ0v) is 12.1. The molecule has 4 heteroatoms. The molecule has 0 aromatic rings. The second kappa shape index (κ2) is 5.80. The van der Waals surface area contributed by atoms with Crippen molar-refractivity contribution < 1.29 is 4.79 Å². The third-order valence-corrected chi connectivity index (χ3v) is 4.96. The van der Waals surface area contributed by atoms with Gasteiger partial charge in [-0.3, -0.25) is 4.79 Å². The number of hydrogen-bond acceptors (Lipinski definition) is 3. The van der Waals surface area contributed by atoms with Crippen molar-refractivity contribution in [2.75, 3.05) is 33.2 Å². The van der Waals surface area contributed by atoms with Gasteiger partial charge in [0.15, 0.2) is 0 Å². The maximum atomic E-state index is 12.2. The number of carbonyl (C=O) groups excluding carboxylic acids is 1. The van der Waals surface area contributed by atoms with Crippen molar-refractivity contribution in [1.82, 2.24) is 15.1 Å². The summed E-state index contributed by atoms with van der Waals surface area (Å²) >= 11 is 0. The standard InChI is InChI=1S/C15H27N3O/c1-17-8-4-12(5-9-17)6-10-18-11-7-14(15(18)19)16-13-2-3-13/h12-14,16H,2-11H2,1H3. The summed E-state index contributed by atoms with van der Waals surface area (Å²) in [6, 6.07) is 0.771. The lowest BCUT2D eigenvalue weighted by molar-refractivity contribution is -0.129. The number of hydrogen-bond donors (Lipinski definition) is 1. The van der Waals surface area contributed by atoms with Crippen LogP contribution in [-0.2, 0) is 4.79 Å². The molecule has 4 nitrogen and oxygen atoms in total. The van der Waals surface area contributed by atoms with Gasteiger partial charge < -0.3 is 15.1 Å². The lowest BCUT2D eigenvalue weighted by Crippen LogP contribution is -2.40. The molecular weight excluding hydrogens is 238 g/mol. The van der Waals surface area contributed by atoms with Gasteiger partial charge in [0.1, 0.15) is 0 Å². The molecule has 1 unspecified atom stereocenters. The molecule has 3 fully saturated rings. The molecule has 1 amide bonds. The van der Waals surface area contributed by atoms with Crippen molar-refractivity contribution in [3.63, 3.8) is 0 Å². The summed E-state index contributed by atoms with van der Waals surface area (Å²) in [5, 5.41) is 3.48. The topological polar surface area (TPSA) is 35.6 Å². The molecule has 2 saturated heterocycles. The van der Waals surface area contributed by atoms with Gasteiger partial charge in [0.05, 0.1) is 6.04 Å². The Bertz CT molecular complexity index is 321. The fourth-order valence-corrected chi connectivity index (χ4v) is 3.34. The van der Waals surface area contributed by atoms with Gasteiger partial charge in [-0.1, -0.05) is 0 Å². The second-order valence-electron chi connectivity index (χ2n) is 6.64. The maximum absolute atomic E-state index is 12.2. The number of nitrogens with one attached hydrogen (secondary N) is 1. The van der Waals surface area contributed by atoms with Crippen molar-refractivity contribution in [1.29, 1.82) is 0 Å². The van der Waals surface area contributed by atoms with Crippen LogP contribution in [0.15, 0.2) is 0 Å². The van der Waals surface area contributed by atoms with Crippen LogP contribution in [0.25, 0.3) is 0 Å². The molecule has 1 saturated carbocycles. The maximum Gasteiger partial charge on any atom is 0.239 e. The molecule has 2 aliphatic heterocycles. The molecule has 108 valence electrons. The van der Waals surface area contributed by atoms with Crippen LogP contribution in [0.1, 0.15) is 38.5 Å². The van der Waals surface area contributed by atoms with E-state index < -0.39 is 0 Å². The molecule has 0 spiro atoms. The molecule has 0 bridgehead atoms. The zero-order valence-electron chi connectivity index (χ0n) is 12.1. The monoisotopic (exact) mass is 265 g/mol. The van der Waals surface area contributed by atoms with Crippen LogP contribution in [0, 0.1) is 5.92 Å². The largest absolute Gasteiger partial charge is 0.341 e. The molecule has 1 N–H and O–H groups in total. The van der Waals surface area contributed by atoms with E-state index in [2.05, 4.69) is 22.2 Å². The first-order chi connectivity index (χ1) is 9.22. The van der Waals surface area contributed by atoms with Gasteiger partial charge in [0.2, 0.25) is 5.91 Å². The van der Waals surface area contributed by atoms with Crippen LogP contribution >= 0.6 is 0 Å². The average Bonchev–Trinajstić information content (AvgIpc) is 3.16. The van der Waals surface area contributed by atoms with Crippen molar-refractivity contribution >= 4 is 5.91 Å². The zero-order chi connectivity index (χ0) is 13.2. The highest BCUT2D eigenvalue weighted by atomic mass is 16.2. The molecule has 3 aliphatic rings. The Morgan fingerprint density at radius 3 is 2.53 bits per heavy atom. The predicted octanol–water partition coefficient (Wildman–Crippen LogP) is 1.07. The minimum atomic E-state index is 0.130. The molecule has 0 aromatic heterocycles. The second-order valence-corrected chi connectivity index (χ2v) is 6.64. The Morgan fingerprint density at radius 2 is 1.84 bits per heavy atom. The summed E-state index contributed by atoms with van der Waals surface area (Å²) in [6.45, 7) is 4.40. The van der Waals surface area contributed by atoms with Gasteiger partial charge in [-0.25, -0.2) is 0 Å². The van der Waals surface area contributed by atoms with E-state index in [-0.39, 0.29) is 6.04 Å². The van der Waals surface area contributed by atoms with Crippen molar-refractivity contribution in [3.05, 3.63) is 0 Å². The molecule has 1 atom stereocenters. The van der Waals surface area contributed by atoms with Gasteiger partial charge in [-0.05, 0) is 64.6 Å². The van der Waals surface area contributed by atoms with E-state index in [0.717, 1.165) is 25.4 Å². The predicted molar refractivity (Wildman–Crippen MR) is 76.0 cm³/mol. The average molecular weight is 265 g/mol. The molecule has 2 heterocycles. The number of nitrogens with zero attached hydrogens (tertiary/aromatic N) is 2. The third-order valence-electron chi connectivity index (χ3n) is 4.96. The number of amides is 1. The van der Waals surface area contributed by atoms with Crippen LogP contribution in [-0.4, -0.2) is 61.0 Å². The summed E-state index contributed by atoms with van der Waals surface area (Å²) in [7, 11) is 2.20. The fourth-order valence-electron chi connectivity index (χ4n) is 3.34. The van der Waals surface area contributed by atoms with Crippen LogP contribution in [0.5, 0.6) is 0 Å². The summed E-state index contributed by atoms with van der Waals surface area (Å²) in [6.07, 6.45) is 7.36. The van der Waals surface area contributed by atoms with E-state index in [1.54, 1.807) is 0 Å². The minimum absolute atomic E-state index is 0.130. The molecule has 19 heavy (non-hydrogen) atoms. The highest BCUT2D eigenvalue weighted by Gasteiger charge is 2.35. The van der Waals surface area contributed by atoms with Crippen LogP contribution in [0.3, 0.4) is 0 Å². The SMILES string of the molecule is CN1CCC(CCN2CCC(NC3CC3)C2=O)CC1.